The van der Waals surface area contributed by atoms with E-state index >= 15 is 0 Å². The molecule has 1 amide bonds. The van der Waals surface area contributed by atoms with Gasteiger partial charge in [-0.2, -0.15) is 0 Å². The summed E-state index contributed by atoms with van der Waals surface area (Å²) in [6.07, 6.45) is 1.51. The van der Waals surface area contributed by atoms with Gasteiger partial charge >= 0.3 is 0 Å². The zero-order valence-electron chi connectivity index (χ0n) is 16.9. The molecule has 0 aliphatic carbocycles. The first-order valence-corrected chi connectivity index (χ1v) is 9.49. The summed E-state index contributed by atoms with van der Waals surface area (Å²) >= 11 is 0. The number of pyridine rings is 1. The van der Waals surface area contributed by atoms with E-state index in [1.54, 1.807) is 25.2 Å². The molecule has 0 unspecified atom stereocenters. The van der Waals surface area contributed by atoms with E-state index in [0.29, 0.717) is 22.3 Å². The van der Waals surface area contributed by atoms with Gasteiger partial charge in [0.1, 0.15) is 5.69 Å². The van der Waals surface area contributed by atoms with E-state index < -0.39 is 0 Å². The molecular formula is C23H21N5O2. The molecule has 2 N–H and O–H groups in total. The maximum Gasteiger partial charge on any atom is 0.274 e. The van der Waals surface area contributed by atoms with E-state index in [9.17, 15) is 9.59 Å². The Kier molecular flexibility index (Phi) is 5.02. The van der Waals surface area contributed by atoms with Crippen LogP contribution in [0.1, 0.15) is 21.7 Å². The third-order valence-corrected chi connectivity index (χ3v) is 4.81. The van der Waals surface area contributed by atoms with Gasteiger partial charge in [0.2, 0.25) is 0 Å². The average Bonchev–Trinajstić information content (AvgIpc) is 2.73. The van der Waals surface area contributed by atoms with Gasteiger partial charge < -0.3 is 15.2 Å². The van der Waals surface area contributed by atoms with Gasteiger partial charge in [-0.05, 0) is 61.9 Å². The lowest BCUT2D eigenvalue weighted by Gasteiger charge is -2.13. The van der Waals surface area contributed by atoms with Crippen LogP contribution in [-0.2, 0) is 7.05 Å². The molecule has 0 aliphatic heterocycles. The van der Waals surface area contributed by atoms with Crippen LogP contribution in [0, 0.1) is 13.8 Å². The molecule has 150 valence electrons. The Hall–Kier alpha value is -4.00. The molecule has 0 atom stereocenters. The van der Waals surface area contributed by atoms with Crippen molar-refractivity contribution < 1.29 is 4.79 Å². The van der Waals surface area contributed by atoms with E-state index in [4.69, 9.17) is 0 Å². The van der Waals surface area contributed by atoms with Crippen LogP contribution in [-0.4, -0.2) is 20.4 Å². The second-order valence-corrected chi connectivity index (χ2v) is 7.17. The Morgan fingerprint density at radius 1 is 1.00 bits per heavy atom. The Labute approximate surface area is 173 Å². The molecule has 0 aliphatic rings. The molecule has 0 saturated carbocycles. The second-order valence-electron chi connectivity index (χ2n) is 7.17. The quantitative estimate of drug-likeness (QED) is 0.543. The Balaban J connectivity index is 1.61. The molecule has 4 rings (SSSR count). The molecule has 7 nitrogen and oxygen atoms in total. The van der Waals surface area contributed by atoms with Crippen molar-refractivity contribution in [2.24, 2.45) is 7.05 Å². The molecule has 2 aromatic heterocycles. The highest BCUT2D eigenvalue weighted by atomic mass is 16.2. The molecule has 4 aromatic rings. The van der Waals surface area contributed by atoms with E-state index in [1.807, 2.05) is 50.2 Å². The number of amides is 1. The number of hydrogen-bond donors (Lipinski definition) is 2. The number of carbonyl (C=O) groups is 1. The van der Waals surface area contributed by atoms with Crippen molar-refractivity contribution in [2.45, 2.75) is 13.8 Å². The fourth-order valence-electron chi connectivity index (χ4n) is 3.14. The summed E-state index contributed by atoms with van der Waals surface area (Å²) in [6, 6.07) is 16.4. The zero-order valence-corrected chi connectivity index (χ0v) is 16.9. The predicted molar refractivity (Wildman–Crippen MR) is 118 cm³/mol. The summed E-state index contributed by atoms with van der Waals surface area (Å²) in [5, 5.41) is 6.75. The molecule has 0 radical (unpaired) electrons. The summed E-state index contributed by atoms with van der Waals surface area (Å²) in [5.41, 5.74) is 4.92. The topological polar surface area (TPSA) is 88.9 Å². The molecule has 2 aromatic carbocycles. The van der Waals surface area contributed by atoms with Crippen LogP contribution in [0.25, 0.3) is 10.9 Å². The minimum Gasteiger partial charge on any atom is -0.355 e. The minimum absolute atomic E-state index is 0.105. The van der Waals surface area contributed by atoms with Crippen LogP contribution in [0.15, 0.2) is 65.7 Å². The van der Waals surface area contributed by atoms with Gasteiger partial charge in [0.15, 0.2) is 0 Å². The first-order chi connectivity index (χ1) is 14.4. The van der Waals surface area contributed by atoms with Crippen molar-refractivity contribution in [1.29, 1.82) is 0 Å². The van der Waals surface area contributed by atoms with E-state index in [-0.39, 0.29) is 11.5 Å². The summed E-state index contributed by atoms with van der Waals surface area (Å²) in [5.74, 6) is -0.270. The SMILES string of the molecule is Cc1cccc(C(=O)Nc2ccc(C)c(Nc3ccc4ncn(C)c(=O)c4c3)c2)n1. The van der Waals surface area contributed by atoms with Crippen LogP contribution in [0.2, 0.25) is 0 Å². The number of anilines is 3. The summed E-state index contributed by atoms with van der Waals surface area (Å²) < 4.78 is 1.45. The van der Waals surface area contributed by atoms with Crippen molar-refractivity contribution in [3.8, 4) is 0 Å². The van der Waals surface area contributed by atoms with Crippen LogP contribution in [0.5, 0.6) is 0 Å². The highest BCUT2D eigenvalue weighted by Gasteiger charge is 2.10. The van der Waals surface area contributed by atoms with Gasteiger partial charge in [-0.3, -0.25) is 9.59 Å². The van der Waals surface area contributed by atoms with Gasteiger partial charge in [0, 0.05) is 29.8 Å². The number of aryl methyl sites for hydroxylation is 3. The normalized spacial score (nSPS) is 10.8. The number of nitrogens with one attached hydrogen (secondary N) is 2. The maximum absolute atomic E-state index is 12.5. The van der Waals surface area contributed by atoms with E-state index in [0.717, 1.165) is 22.6 Å². The van der Waals surface area contributed by atoms with Crippen molar-refractivity contribution in [1.82, 2.24) is 14.5 Å². The van der Waals surface area contributed by atoms with Crippen LogP contribution >= 0.6 is 0 Å². The Morgan fingerprint density at radius 3 is 2.60 bits per heavy atom. The molecule has 0 spiro atoms. The summed E-state index contributed by atoms with van der Waals surface area (Å²) in [7, 11) is 1.67. The lowest BCUT2D eigenvalue weighted by molar-refractivity contribution is 0.102. The number of rotatable bonds is 4. The van der Waals surface area contributed by atoms with Crippen molar-refractivity contribution in [3.05, 3.63) is 88.2 Å². The number of aromatic nitrogens is 3. The second kappa shape index (κ2) is 7.79. The molecule has 7 heteroatoms. The minimum atomic E-state index is -0.270. The van der Waals surface area contributed by atoms with Crippen molar-refractivity contribution >= 4 is 33.9 Å². The fraction of sp³-hybridized carbons (Fsp3) is 0.130. The lowest BCUT2D eigenvalue weighted by Crippen LogP contribution is -2.16. The molecule has 0 fully saturated rings. The molecule has 0 saturated heterocycles. The first kappa shape index (κ1) is 19.3. The number of hydrogen-bond acceptors (Lipinski definition) is 5. The monoisotopic (exact) mass is 399 g/mol. The van der Waals surface area contributed by atoms with Crippen LogP contribution in [0.4, 0.5) is 17.1 Å². The first-order valence-electron chi connectivity index (χ1n) is 9.49. The van der Waals surface area contributed by atoms with Crippen molar-refractivity contribution in [2.75, 3.05) is 10.6 Å². The third kappa shape index (κ3) is 3.91. The summed E-state index contributed by atoms with van der Waals surface area (Å²) in [6.45, 7) is 3.81. The van der Waals surface area contributed by atoms with Gasteiger partial charge in [0.05, 0.1) is 17.2 Å². The third-order valence-electron chi connectivity index (χ3n) is 4.81. The number of nitrogens with zero attached hydrogens (tertiary/aromatic N) is 3. The Morgan fingerprint density at radius 2 is 1.80 bits per heavy atom. The molecule has 2 heterocycles. The number of fused-ring (bicyclic) bond motifs is 1. The van der Waals surface area contributed by atoms with E-state index in [2.05, 4.69) is 20.6 Å². The fourth-order valence-corrected chi connectivity index (χ4v) is 3.14. The highest BCUT2D eigenvalue weighted by molar-refractivity contribution is 6.03. The predicted octanol–water partition coefficient (Wildman–Crippen LogP) is 3.94. The van der Waals surface area contributed by atoms with Gasteiger partial charge in [-0.25, -0.2) is 9.97 Å². The molecule has 30 heavy (non-hydrogen) atoms. The number of carbonyl (C=O) groups excluding carboxylic acids is 1. The zero-order chi connectivity index (χ0) is 21.3. The number of benzene rings is 2. The summed E-state index contributed by atoms with van der Waals surface area (Å²) in [4.78, 5) is 33.4. The van der Waals surface area contributed by atoms with Gasteiger partial charge in [0.25, 0.3) is 11.5 Å². The van der Waals surface area contributed by atoms with Gasteiger partial charge in [-0.1, -0.05) is 12.1 Å². The molecule has 0 bridgehead atoms. The molecular weight excluding hydrogens is 378 g/mol. The smallest absolute Gasteiger partial charge is 0.274 e. The largest absolute Gasteiger partial charge is 0.355 e. The van der Waals surface area contributed by atoms with Gasteiger partial charge in [-0.15, -0.1) is 0 Å². The van der Waals surface area contributed by atoms with E-state index in [1.165, 1.54) is 10.9 Å². The van der Waals surface area contributed by atoms with Crippen LogP contribution in [0.3, 0.4) is 0 Å². The lowest BCUT2D eigenvalue weighted by atomic mass is 10.1. The highest BCUT2D eigenvalue weighted by Crippen LogP contribution is 2.25. The van der Waals surface area contributed by atoms with Crippen LogP contribution < -0.4 is 16.2 Å². The average molecular weight is 399 g/mol. The van der Waals surface area contributed by atoms with Crippen molar-refractivity contribution in [3.63, 3.8) is 0 Å². The Bertz CT molecular complexity index is 1330. The maximum atomic E-state index is 12.5. The standard InChI is InChI=1S/C23H21N5O2/c1-14-7-8-17(27-22(29)20-6-4-5-15(2)25-20)12-21(14)26-16-9-10-19-18(11-16)23(30)28(3)13-24-19/h4-13,26H,1-3H3,(H,27,29).